The molecular formula is C19H22N2O2S. The number of anilines is 1. The number of hydrogen-bond acceptors (Lipinski definition) is 3. The maximum atomic E-state index is 12.9. The standard InChI is InChI=1S/C19H22N2O2S/c1-2-3-11-21(16-8-5-4-6-9-16)18(22)15-13-20(14-15)19(23)17-10-7-12-24-17/h4-10,12,15H,2-3,11,13-14H2,1H3. The molecule has 1 fully saturated rings. The maximum absolute atomic E-state index is 12.9. The molecule has 0 atom stereocenters. The molecule has 24 heavy (non-hydrogen) atoms. The summed E-state index contributed by atoms with van der Waals surface area (Å²) in [5.74, 6) is 0.0738. The van der Waals surface area contributed by atoms with E-state index in [1.54, 1.807) is 4.90 Å². The van der Waals surface area contributed by atoms with Gasteiger partial charge in [0.15, 0.2) is 0 Å². The summed E-state index contributed by atoms with van der Waals surface area (Å²) in [4.78, 5) is 29.5. The molecule has 0 spiro atoms. The number of likely N-dealkylation sites (tertiary alicyclic amines) is 1. The molecule has 1 saturated heterocycles. The van der Waals surface area contributed by atoms with Crippen LogP contribution in [-0.2, 0) is 4.79 Å². The number of benzene rings is 1. The number of hydrogen-bond donors (Lipinski definition) is 0. The minimum atomic E-state index is -0.0917. The highest BCUT2D eigenvalue weighted by Gasteiger charge is 2.38. The van der Waals surface area contributed by atoms with E-state index in [1.807, 2.05) is 52.7 Å². The zero-order valence-corrected chi connectivity index (χ0v) is 14.7. The second kappa shape index (κ2) is 7.62. The van der Waals surface area contributed by atoms with Crippen LogP contribution >= 0.6 is 11.3 Å². The largest absolute Gasteiger partial charge is 0.336 e. The Hall–Kier alpha value is -2.14. The highest BCUT2D eigenvalue weighted by atomic mass is 32.1. The lowest BCUT2D eigenvalue weighted by Gasteiger charge is -2.40. The van der Waals surface area contributed by atoms with Gasteiger partial charge in [-0.15, -0.1) is 11.3 Å². The van der Waals surface area contributed by atoms with E-state index in [1.165, 1.54) is 11.3 Å². The molecule has 1 aliphatic heterocycles. The average Bonchev–Trinajstić information content (AvgIpc) is 3.09. The highest BCUT2D eigenvalue weighted by molar-refractivity contribution is 7.12. The smallest absolute Gasteiger partial charge is 0.263 e. The van der Waals surface area contributed by atoms with Gasteiger partial charge in [-0.3, -0.25) is 9.59 Å². The normalized spacial score (nSPS) is 14.3. The average molecular weight is 342 g/mol. The first kappa shape index (κ1) is 16.7. The lowest BCUT2D eigenvalue weighted by molar-refractivity contribution is -0.126. The number of thiophene rings is 1. The van der Waals surface area contributed by atoms with Gasteiger partial charge in [0.05, 0.1) is 10.8 Å². The van der Waals surface area contributed by atoms with Crippen molar-refractivity contribution in [2.24, 2.45) is 5.92 Å². The van der Waals surface area contributed by atoms with E-state index in [-0.39, 0.29) is 17.7 Å². The summed E-state index contributed by atoms with van der Waals surface area (Å²) in [5, 5.41) is 1.90. The van der Waals surface area contributed by atoms with Gasteiger partial charge in [-0.05, 0) is 30.0 Å². The third kappa shape index (κ3) is 3.51. The third-order valence-electron chi connectivity index (χ3n) is 4.32. The molecule has 0 radical (unpaired) electrons. The fourth-order valence-corrected chi connectivity index (χ4v) is 3.56. The first-order valence-corrected chi connectivity index (χ1v) is 9.28. The molecule has 3 rings (SSSR count). The first-order chi connectivity index (χ1) is 11.7. The van der Waals surface area contributed by atoms with Crippen LogP contribution in [-0.4, -0.2) is 36.3 Å². The topological polar surface area (TPSA) is 40.6 Å². The highest BCUT2D eigenvalue weighted by Crippen LogP contribution is 2.25. The molecule has 0 saturated carbocycles. The quantitative estimate of drug-likeness (QED) is 0.804. The molecule has 1 aliphatic rings. The van der Waals surface area contributed by atoms with Gasteiger partial charge in [0.2, 0.25) is 5.91 Å². The minimum absolute atomic E-state index is 0.0360. The summed E-state index contributed by atoms with van der Waals surface area (Å²) >= 11 is 1.45. The summed E-state index contributed by atoms with van der Waals surface area (Å²) in [6, 6.07) is 13.5. The minimum Gasteiger partial charge on any atom is -0.336 e. The summed E-state index contributed by atoms with van der Waals surface area (Å²) in [6.07, 6.45) is 2.02. The van der Waals surface area contributed by atoms with Crippen LogP contribution in [0.4, 0.5) is 5.69 Å². The lowest BCUT2D eigenvalue weighted by Crippen LogP contribution is -2.56. The molecule has 1 aromatic heterocycles. The van der Waals surface area contributed by atoms with Crippen LogP contribution in [0.2, 0.25) is 0 Å². The van der Waals surface area contributed by atoms with Crippen molar-refractivity contribution in [2.45, 2.75) is 19.8 Å². The van der Waals surface area contributed by atoms with Crippen molar-refractivity contribution in [3.05, 3.63) is 52.7 Å². The van der Waals surface area contributed by atoms with E-state index in [2.05, 4.69) is 6.92 Å². The van der Waals surface area contributed by atoms with Gasteiger partial charge in [0.1, 0.15) is 0 Å². The Bertz CT molecular complexity index is 679. The van der Waals surface area contributed by atoms with Crippen LogP contribution in [0.1, 0.15) is 29.4 Å². The Morgan fingerprint density at radius 1 is 1.17 bits per heavy atom. The van der Waals surface area contributed by atoms with Gasteiger partial charge in [0.25, 0.3) is 5.91 Å². The second-order valence-electron chi connectivity index (χ2n) is 6.06. The molecule has 2 amide bonds. The van der Waals surface area contributed by atoms with Gasteiger partial charge in [0, 0.05) is 25.3 Å². The van der Waals surface area contributed by atoms with Crippen LogP contribution in [0, 0.1) is 5.92 Å². The van der Waals surface area contributed by atoms with Crippen LogP contribution in [0.25, 0.3) is 0 Å². The van der Waals surface area contributed by atoms with Crippen molar-refractivity contribution in [2.75, 3.05) is 24.5 Å². The van der Waals surface area contributed by atoms with Gasteiger partial charge in [-0.1, -0.05) is 37.6 Å². The number of carbonyl (C=O) groups excluding carboxylic acids is 2. The van der Waals surface area contributed by atoms with Crippen molar-refractivity contribution >= 4 is 28.8 Å². The van der Waals surface area contributed by atoms with E-state index in [9.17, 15) is 9.59 Å². The molecule has 0 N–H and O–H groups in total. The molecule has 5 heteroatoms. The third-order valence-corrected chi connectivity index (χ3v) is 5.18. The maximum Gasteiger partial charge on any atom is 0.263 e. The summed E-state index contributed by atoms with van der Waals surface area (Å²) in [7, 11) is 0. The Labute approximate surface area is 146 Å². The number of nitrogens with zero attached hydrogens (tertiary/aromatic N) is 2. The van der Waals surface area contributed by atoms with Crippen LogP contribution in [0.5, 0.6) is 0 Å². The van der Waals surface area contributed by atoms with Crippen molar-refractivity contribution in [1.29, 1.82) is 0 Å². The Balaban J connectivity index is 1.63. The molecule has 0 unspecified atom stereocenters. The Morgan fingerprint density at radius 2 is 1.92 bits per heavy atom. The number of unbranched alkanes of at least 4 members (excludes halogenated alkanes) is 1. The van der Waals surface area contributed by atoms with Crippen molar-refractivity contribution in [1.82, 2.24) is 4.90 Å². The predicted octanol–water partition coefficient (Wildman–Crippen LogP) is 3.65. The van der Waals surface area contributed by atoms with Gasteiger partial charge < -0.3 is 9.80 Å². The number of carbonyl (C=O) groups is 2. The molecule has 4 nitrogen and oxygen atoms in total. The molecule has 2 aromatic rings. The van der Waals surface area contributed by atoms with Gasteiger partial charge in [-0.2, -0.15) is 0 Å². The first-order valence-electron chi connectivity index (χ1n) is 8.40. The molecule has 126 valence electrons. The summed E-state index contributed by atoms with van der Waals surface area (Å²) < 4.78 is 0. The molecule has 2 heterocycles. The number of para-hydroxylation sites is 1. The lowest BCUT2D eigenvalue weighted by atomic mass is 9.97. The van der Waals surface area contributed by atoms with E-state index in [4.69, 9.17) is 0 Å². The van der Waals surface area contributed by atoms with E-state index >= 15 is 0 Å². The zero-order valence-electron chi connectivity index (χ0n) is 13.9. The van der Waals surface area contributed by atoms with Gasteiger partial charge >= 0.3 is 0 Å². The molecule has 0 bridgehead atoms. The van der Waals surface area contributed by atoms with Crippen molar-refractivity contribution < 1.29 is 9.59 Å². The molecule has 1 aromatic carbocycles. The van der Waals surface area contributed by atoms with Gasteiger partial charge in [-0.25, -0.2) is 0 Å². The fourth-order valence-electron chi connectivity index (χ4n) is 2.87. The number of amides is 2. The SMILES string of the molecule is CCCCN(C(=O)C1CN(C(=O)c2cccs2)C1)c1ccccc1. The Morgan fingerprint density at radius 3 is 2.54 bits per heavy atom. The monoisotopic (exact) mass is 342 g/mol. The summed E-state index contributed by atoms with van der Waals surface area (Å²) in [5.41, 5.74) is 0.944. The van der Waals surface area contributed by atoms with Crippen LogP contribution in [0.15, 0.2) is 47.8 Å². The molecule has 0 aliphatic carbocycles. The second-order valence-corrected chi connectivity index (χ2v) is 7.01. The van der Waals surface area contributed by atoms with E-state index < -0.39 is 0 Å². The predicted molar refractivity (Wildman–Crippen MR) is 97.4 cm³/mol. The fraction of sp³-hybridized carbons (Fsp3) is 0.368. The number of rotatable bonds is 6. The van der Waals surface area contributed by atoms with Crippen LogP contribution < -0.4 is 4.90 Å². The van der Waals surface area contributed by atoms with Crippen molar-refractivity contribution in [3.63, 3.8) is 0 Å². The Kier molecular flexibility index (Phi) is 5.30. The summed E-state index contributed by atoms with van der Waals surface area (Å²) in [6.45, 7) is 3.89. The molecular weight excluding hydrogens is 320 g/mol. The van der Waals surface area contributed by atoms with Crippen molar-refractivity contribution in [3.8, 4) is 0 Å². The van der Waals surface area contributed by atoms with Crippen LogP contribution in [0.3, 0.4) is 0 Å². The van der Waals surface area contributed by atoms with E-state index in [0.29, 0.717) is 13.1 Å². The van der Waals surface area contributed by atoms with E-state index in [0.717, 1.165) is 30.0 Å². The zero-order chi connectivity index (χ0) is 16.9.